The van der Waals surface area contributed by atoms with Crippen molar-refractivity contribution >= 4 is 17.8 Å². The Morgan fingerprint density at radius 1 is 0.875 bits per heavy atom. The van der Waals surface area contributed by atoms with E-state index in [1.807, 2.05) is 71.9 Å². The number of carbonyl (C=O) groups excluding carboxylic acids is 3. The third-order valence-corrected chi connectivity index (χ3v) is 6.17. The highest BCUT2D eigenvalue weighted by Crippen LogP contribution is 2.50. The Kier molecular flexibility index (Phi) is 6.29. The monoisotopic (exact) mass is 436 g/mol. The average Bonchev–Trinajstić information content (AvgIpc) is 3.09. The van der Waals surface area contributed by atoms with Crippen molar-refractivity contribution < 1.29 is 19.1 Å². The van der Waals surface area contributed by atoms with E-state index in [9.17, 15) is 14.4 Å². The summed E-state index contributed by atoms with van der Waals surface area (Å²) in [7, 11) is 0. The Morgan fingerprint density at radius 3 is 1.88 bits per heavy atom. The largest absolute Gasteiger partial charge is 0.388 e. The molecule has 1 amide bonds. The molecule has 0 spiro atoms. The van der Waals surface area contributed by atoms with Gasteiger partial charge in [0.25, 0.3) is 0 Å². The molecule has 1 aliphatic heterocycles. The fourth-order valence-corrected chi connectivity index (χ4v) is 5.14. The number of hydrogen-bond donors (Lipinski definition) is 1. The SMILES string of the molecule is CC(C)(C)C(C(=O)OC(=O)c1ccccc1)(N1CNC(c2ccccc2)C1=O)C(C)(C)C. The van der Waals surface area contributed by atoms with Crippen LogP contribution in [0.3, 0.4) is 0 Å². The summed E-state index contributed by atoms with van der Waals surface area (Å²) in [4.78, 5) is 41.9. The zero-order valence-corrected chi connectivity index (χ0v) is 19.6. The number of nitrogens with one attached hydrogen (secondary N) is 1. The number of carbonyl (C=O) groups is 3. The molecule has 1 atom stereocenters. The number of benzene rings is 2. The van der Waals surface area contributed by atoms with Crippen LogP contribution in [0.2, 0.25) is 0 Å². The van der Waals surface area contributed by atoms with E-state index < -0.39 is 34.3 Å². The first-order chi connectivity index (χ1) is 14.9. The molecule has 6 nitrogen and oxygen atoms in total. The smallest absolute Gasteiger partial charge is 0.345 e. The van der Waals surface area contributed by atoms with E-state index >= 15 is 0 Å². The standard InChI is InChI=1S/C26H32N2O4/c1-24(2,3)26(25(4,5)6,23(31)32-22(30)19-15-11-8-12-16-19)28-17-27-20(21(28)29)18-13-9-7-10-14-18/h7-16,20,27H,17H2,1-6H3. The van der Waals surface area contributed by atoms with Crippen LogP contribution in [0.5, 0.6) is 0 Å². The molecule has 0 bridgehead atoms. The van der Waals surface area contributed by atoms with Crippen molar-refractivity contribution in [1.29, 1.82) is 0 Å². The van der Waals surface area contributed by atoms with Crippen molar-refractivity contribution in [2.45, 2.75) is 53.1 Å². The van der Waals surface area contributed by atoms with Crippen molar-refractivity contribution in [2.24, 2.45) is 10.8 Å². The Hall–Kier alpha value is -2.99. The molecule has 1 heterocycles. The quantitative estimate of drug-likeness (QED) is 0.570. The highest BCUT2D eigenvalue weighted by molar-refractivity contribution is 6.02. The summed E-state index contributed by atoms with van der Waals surface area (Å²) in [6.45, 7) is 11.6. The number of rotatable bonds is 4. The summed E-state index contributed by atoms with van der Waals surface area (Å²) in [5.41, 5.74) is -1.77. The molecule has 1 fully saturated rings. The van der Waals surface area contributed by atoms with Gasteiger partial charge in [0.2, 0.25) is 5.91 Å². The molecule has 0 saturated carbocycles. The second kappa shape index (κ2) is 8.51. The first-order valence-electron chi connectivity index (χ1n) is 10.8. The van der Waals surface area contributed by atoms with Gasteiger partial charge in [-0.1, -0.05) is 90.1 Å². The van der Waals surface area contributed by atoms with Gasteiger partial charge in [0.1, 0.15) is 6.04 Å². The van der Waals surface area contributed by atoms with Gasteiger partial charge in [0, 0.05) is 0 Å². The van der Waals surface area contributed by atoms with Gasteiger partial charge in [-0.15, -0.1) is 0 Å². The van der Waals surface area contributed by atoms with Gasteiger partial charge in [-0.2, -0.15) is 0 Å². The predicted octanol–water partition coefficient (Wildman–Crippen LogP) is 4.33. The number of hydrogen-bond acceptors (Lipinski definition) is 5. The fourth-order valence-electron chi connectivity index (χ4n) is 5.14. The number of amides is 1. The van der Waals surface area contributed by atoms with Crippen LogP contribution in [0, 0.1) is 10.8 Å². The minimum atomic E-state index is -1.40. The normalized spacial score (nSPS) is 17.4. The van der Waals surface area contributed by atoms with Gasteiger partial charge in [0.05, 0.1) is 12.2 Å². The number of ether oxygens (including phenoxy) is 1. The van der Waals surface area contributed by atoms with E-state index in [1.165, 1.54) is 0 Å². The van der Waals surface area contributed by atoms with Crippen LogP contribution in [0.15, 0.2) is 60.7 Å². The summed E-state index contributed by atoms with van der Waals surface area (Å²) >= 11 is 0. The molecule has 1 saturated heterocycles. The average molecular weight is 437 g/mol. The molecule has 0 aliphatic carbocycles. The maximum absolute atomic E-state index is 13.9. The van der Waals surface area contributed by atoms with E-state index in [2.05, 4.69) is 5.32 Å². The summed E-state index contributed by atoms with van der Waals surface area (Å²) < 4.78 is 5.46. The zero-order chi connectivity index (χ0) is 23.7. The number of nitrogens with zero attached hydrogens (tertiary/aromatic N) is 1. The van der Waals surface area contributed by atoms with Crippen LogP contribution < -0.4 is 5.32 Å². The highest BCUT2D eigenvalue weighted by Gasteiger charge is 2.64. The highest BCUT2D eigenvalue weighted by atomic mass is 16.6. The van der Waals surface area contributed by atoms with Gasteiger partial charge in [-0.05, 0) is 28.5 Å². The second-order valence-electron chi connectivity index (χ2n) is 10.2. The van der Waals surface area contributed by atoms with E-state index in [1.54, 1.807) is 35.2 Å². The fraction of sp³-hybridized carbons (Fsp3) is 0.423. The second-order valence-corrected chi connectivity index (χ2v) is 10.2. The van der Waals surface area contributed by atoms with Crippen molar-refractivity contribution in [2.75, 3.05) is 6.67 Å². The summed E-state index contributed by atoms with van der Waals surface area (Å²) in [6.07, 6.45) is 0. The van der Waals surface area contributed by atoms with Crippen molar-refractivity contribution in [3.63, 3.8) is 0 Å². The van der Waals surface area contributed by atoms with E-state index in [0.29, 0.717) is 0 Å². The molecule has 170 valence electrons. The van der Waals surface area contributed by atoms with Crippen LogP contribution >= 0.6 is 0 Å². The molecule has 1 unspecified atom stereocenters. The maximum atomic E-state index is 13.9. The molecule has 0 radical (unpaired) electrons. The molecule has 1 aliphatic rings. The lowest BCUT2D eigenvalue weighted by Crippen LogP contribution is -2.70. The van der Waals surface area contributed by atoms with Crippen molar-refractivity contribution in [3.8, 4) is 0 Å². The van der Waals surface area contributed by atoms with Crippen LogP contribution in [0.25, 0.3) is 0 Å². The van der Waals surface area contributed by atoms with Crippen molar-refractivity contribution in [3.05, 3.63) is 71.8 Å². The summed E-state index contributed by atoms with van der Waals surface area (Å²) in [5.74, 6) is -1.67. The van der Waals surface area contributed by atoms with Crippen LogP contribution in [-0.4, -0.2) is 35.0 Å². The lowest BCUT2D eigenvalue weighted by atomic mass is 9.59. The Balaban J connectivity index is 2.05. The third kappa shape index (κ3) is 3.95. The molecule has 1 N–H and O–H groups in total. The van der Waals surface area contributed by atoms with E-state index in [0.717, 1.165) is 5.56 Å². The molecule has 2 aromatic carbocycles. The molecule has 6 heteroatoms. The Bertz CT molecular complexity index is 974. The van der Waals surface area contributed by atoms with Crippen LogP contribution in [0.1, 0.15) is 63.5 Å². The van der Waals surface area contributed by atoms with E-state index in [-0.39, 0.29) is 18.1 Å². The van der Waals surface area contributed by atoms with Crippen LogP contribution in [0.4, 0.5) is 0 Å². The topological polar surface area (TPSA) is 75.7 Å². The molecule has 3 rings (SSSR count). The summed E-state index contributed by atoms with van der Waals surface area (Å²) in [5, 5.41) is 3.25. The predicted molar refractivity (Wildman–Crippen MR) is 123 cm³/mol. The van der Waals surface area contributed by atoms with Crippen molar-refractivity contribution in [1.82, 2.24) is 10.2 Å². The molecule has 0 aromatic heterocycles. The van der Waals surface area contributed by atoms with E-state index in [4.69, 9.17) is 4.74 Å². The van der Waals surface area contributed by atoms with Gasteiger partial charge >= 0.3 is 11.9 Å². The molecular weight excluding hydrogens is 404 g/mol. The maximum Gasteiger partial charge on any atom is 0.345 e. The first-order valence-corrected chi connectivity index (χ1v) is 10.8. The van der Waals surface area contributed by atoms with Gasteiger partial charge in [-0.25, -0.2) is 9.59 Å². The van der Waals surface area contributed by atoms with Gasteiger partial charge in [-0.3, -0.25) is 10.1 Å². The van der Waals surface area contributed by atoms with Gasteiger partial charge < -0.3 is 9.64 Å². The third-order valence-electron chi connectivity index (χ3n) is 6.17. The van der Waals surface area contributed by atoms with Gasteiger partial charge in [0.15, 0.2) is 5.54 Å². The lowest BCUT2D eigenvalue weighted by molar-refractivity contribution is -0.180. The Morgan fingerprint density at radius 2 is 1.38 bits per heavy atom. The summed E-state index contributed by atoms with van der Waals surface area (Å²) in [6, 6.07) is 17.2. The number of esters is 2. The molecule has 32 heavy (non-hydrogen) atoms. The zero-order valence-electron chi connectivity index (χ0n) is 19.6. The molecular formula is C26H32N2O4. The Labute approximate surface area is 189 Å². The first kappa shape index (κ1) is 23.7. The molecule has 2 aromatic rings. The minimum Gasteiger partial charge on any atom is -0.388 e. The minimum absolute atomic E-state index is 0.168. The lowest BCUT2D eigenvalue weighted by Gasteiger charge is -2.55. The van der Waals surface area contributed by atoms with Crippen LogP contribution in [-0.2, 0) is 14.3 Å².